The Bertz CT molecular complexity index is 2030. The molecule has 5 aromatic rings. The van der Waals surface area contributed by atoms with Gasteiger partial charge in [0, 0.05) is 19.0 Å². The lowest BCUT2D eigenvalue weighted by Gasteiger charge is -2.50. The molecule has 1 N–H and O–H groups in total. The maximum atomic E-state index is 13.2. The molecule has 4 atom stereocenters. The van der Waals surface area contributed by atoms with Gasteiger partial charge in [-0.3, -0.25) is 24.1 Å². The van der Waals surface area contributed by atoms with Crippen molar-refractivity contribution in [2.75, 3.05) is 45.7 Å². The minimum atomic E-state index is -3.65. The zero-order valence-corrected chi connectivity index (χ0v) is 32.5. The predicted molar refractivity (Wildman–Crippen MR) is 207 cm³/mol. The molecule has 0 saturated carbocycles. The SMILES string of the molecule is CC(C#N)COc1nc(NC(=O)C(C)C)nc2c1ncn2[C@H]1CN(C(c2ccccc2)(c2ccccc2)c2ccccc2)C[C@@H](CO[P@@](=O)(Cl)N(C)C)O1. The first-order valence-electron chi connectivity index (χ1n) is 17.7. The molecule has 3 heterocycles. The number of ether oxygens (including phenoxy) is 2. The minimum Gasteiger partial charge on any atom is -0.475 e. The molecule has 1 saturated heterocycles. The van der Waals surface area contributed by atoms with Crippen molar-refractivity contribution in [1.29, 1.82) is 5.26 Å². The fraction of sp³-hybridized carbons (Fsp3) is 0.359. The van der Waals surface area contributed by atoms with Crippen molar-refractivity contribution in [2.24, 2.45) is 11.8 Å². The Balaban J connectivity index is 1.53. The first kappa shape index (κ1) is 39.0. The second-order valence-corrected chi connectivity index (χ2v) is 16.9. The van der Waals surface area contributed by atoms with Gasteiger partial charge in [0.25, 0.3) is 0 Å². The lowest BCUT2D eigenvalue weighted by molar-refractivity contribution is -0.145. The molecular formula is C39H44ClN8O5P. The average molecular weight is 771 g/mol. The number of aromatic nitrogens is 4. The average Bonchev–Trinajstić information content (AvgIpc) is 3.62. The van der Waals surface area contributed by atoms with Crippen molar-refractivity contribution in [2.45, 2.75) is 38.6 Å². The Hall–Kier alpha value is -4.67. The van der Waals surface area contributed by atoms with E-state index in [1.54, 1.807) is 45.8 Å². The van der Waals surface area contributed by atoms with Crippen LogP contribution in [0.25, 0.3) is 11.2 Å². The van der Waals surface area contributed by atoms with E-state index in [1.165, 1.54) is 4.67 Å². The number of halogens is 1. The van der Waals surface area contributed by atoms with E-state index in [0.717, 1.165) is 16.7 Å². The quantitative estimate of drug-likeness (QED) is 0.0913. The summed E-state index contributed by atoms with van der Waals surface area (Å²) in [6, 6.07) is 33.0. The van der Waals surface area contributed by atoms with E-state index in [4.69, 9.17) is 30.2 Å². The van der Waals surface area contributed by atoms with E-state index in [9.17, 15) is 14.6 Å². The topological polar surface area (TPSA) is 148 Å². The number of fused-ring (bicyclic) bond motifs is 1. The van der Waals surface area contributed by atoms with E-state index >= 15 is 0 Å². The molecule has 13 nitrogen and oxygen atoms in total. The van der Waals surface area contributed by atoms with Gasteiger partial charge in [-0.15, -0.1) is 0 Å². The summed E-state index contributed by atoms with van der Waals surface area (Å²) in [4.78, 5) is 29.0. The summed E-state index contributed by atoms with van der Waals surface area (Å²) in [5.41, 5.74) is 2.92. The molecular weight excluding hydrogens is 727 g/mol. The largest absolute Gasteiger partial charge is 0.475 e. The van der Waals surface area contributed by atoms with Gasteiger partial charge >= 0.3 is 6.87 Å². The first-order chi connectivity index (χ1) is 25.9. The maximum Gasteiger partial charge on any atom is 0.362 e. The number of hydrogen-bond donors (Lipinski definition) is 1. The van der Waals surface area contributed by atoms with Gasteiger partial charge in [0.05, 0.1) is 36.6 Å². The Morgan fingerprint density at radius 1 is 1.00 bits per heavy atom. The molecule has 0 spiro atoms. The Morgan fingerprint density at radius 2 is 1.57 bits per heavy atom. The van der Waals surface area contributed by atoms with Gasteiger partial charge in [0.2, 0.25) is 17.7 Å². The number of nitrogens with zero attached hydrogens (tertiary/aromatic N) is 7. The van der Waals surface area contributed by atoms with Gasteiger partial charge in [-0.2, -0.15) is 15.2 Å². The number of amides is 1. The molecule has 1 unspecified atom stereocenters. The summed E-state index contributed by atoms with van der Waals surface area (Å²) in [7, 11) is 3.19. The van der Waals surface area contributed by atoms with Crippen LogP contribution >= 0.6 is 18.1 Å². The molecule has 3 aromatic carbocycles. The Kier molecular flexibility index (Phi) is 12.1. The van der Waals surface area contributed by atoms with Crippen LogP contribution < -0.4 is 10.1 Å². The van der Waals surface area contributed by atoms with Crippen molar-refractivity contribution in [1.82, 2.24) is 29.1 Å². The van der Waals surface area contributed by atoms with Gasteiger partial charge in [0.1, 0.15) is 12.8 Å². The summed E-state index contributed by atoms with van der Waals surface area (Å²) >= 11 is 6.37. The van der Waals surface area contributed by atoms with Gasteiger partial charge in [-0.05, 0) is 49.0 Å². The summed E-state index contributed by atoms with van der Waals surface area (Å²) in [6.45, 7) is 2.28. The number of morpholine rings is 1. The third kappa shape index (κ3) is 8.20. The second kappa shape index (κ2) is 16.8. The Labute approximate surface area is 320 Å². The summed E-state index contributed by atoms with van der Waals surface area (Å²) in [5, 5.41) is 12.2. The number of carbonyl (C=O) groups is 1. The third-order valence-electron chi connectivity index (χ3n) is 9.25. The van der Waals surface area contributed by atoms with E-state index in [1.807, 2.05) is 54.6 Å². The first-order valence-corrected chi connectivity index (χ1v) is 20.2. The highest BCUT2D eigenvalue weighted by Gasteiger charge is 2.47. The monoisotopic (exact) mass is 770 g/mol. The standard InChI is InChI=1S/C39H44ClN8O5P/c1-27(2)36(49)44-38-43-35-34(37(45-38)51-24-28(3)21-41)42-26-48(35)33-23-47(22-32(53-33)25-52-54(40,50)46(4)5)39(29-15-9-6-10-16-29,30-17-11-7-12-18-30)31-19-13-8-14-20-31/h6-20,26-28,32-33H,22-25H2,1-5H3,(H,43,44,45,49)/t28?,32-,33+,54-/m0/s1. The van der Waals surface area contributed by atoms with Gasteiger partial charge in [-0.25, -0.2) is 9.65 Å². The van der Waals surface area contributed by atoms with Crippen LogP contribution in [0.15, 0.2) is 97.3 Å². The number of nitriles is 1. The number of rotatable bonds is 14. The smallest absolute Gasteiger partial charge is 0.362 e. The van der Waals surface area contributed by atoms with Crippen LogP contribution in [0, 0.1) is 23.2 Å². The van der Waals surface area contributed by atoms with Crippen LogP contribution in [0.1, 0.15) is 43.7 Å². The molecule has 282 valence electrons. The molecule has 15 heteroatoms. The van der Waals surface area contributed by atoms with Crippen LogP contribution in [0.5, 0.6) is 5.88 Å². The summed E-state index contributed by atoms with van der Waals surface area (Å²) in [6.07, 6.45) is 0.218. The van der Waals surface area contributed by atoms with Crippen LogP contribution in [0.2, 0.25) is 0 Å². The fourth-order valence-electron chi connectivity index (χ4n) is 6.47. The highest BCUT2D eigenvalue weighted by atomic mass is 35.7. The molecule has 1 aliphatic heterocycles. The Morgan fingerprint density at radius 3 is 2.09 bits per heavy atom. The number of nitrogens with one attached hydrogen (secondary N) is 1. The van der Waals surface area contributed by atoms with Gasteiger partial charge in [0.15, 0.2) is 11.2 Å². The number of carbonyl (C=O) groups excluding carboxylic acids is 1. The highest BCUT2D eigenvalue weighted by molar-refractivity contribution is 7.83. The van der Waals surface area contributed by atoms with Crippen molar-refractivity contribution >= 4 is 41.1 Å². The van der Waals surface area contributed by atoms with E-state index in [2.05, 4.69) is 62.7 Å². The molecule has 1 fully saturated rings. The fourth-order valence-corrected chi connectivity index (χ4v) is 7.22. The van der Waals surface area contributed by atoms with E-state index < -0.39 is 30.7 Å². The summed E-state index contributed by atoms with van der Waals surface area (Å²) in [5.74, 6) is -0.900. The van der Waals surface area contributed by atoms with Gasteiger partial charge in [-0.1, -0.05) is 105 Å². The zero-order chi connectivity index (χ0) is 38.5. The number of hydrogen-bond acceptors (Lipinski definition) is 10. The molecule has 0 radical (unpaired) electrons. The third-order valence-corrected chi connectivity index (χ3v) is 11.9. The van der Waals surface area contributed by atoms with Crippen LogP contribution in [0.4, 0.5) is 5.95 Å². The van der Waals surface area contributed by atoms with E-state index in [0.29, 0.717) is 24.3 Å². The van der Waals surface area contributed by atoms with Crippen molar-refractivity contribution in [3.8, 4) is 11.9 Å². The predicted octanol–water partition coefficient (Wildman–Crippen LogP) is 7.08. The number of imidazole rings is 1. The molecule has 54 heavy (non-hydrogen) atoms. The number of anilines is 1. The zero-order valence-electron chi connectivity index (χ0n) is 30.9. The van der Waals surface area contributed by atoms with Crippen molar-refractivity contribution < 1.29 is 23.4 Å². The van der Waals surface area contributed by atoms with Crippen LogP contribution in [-0.4, -0.2) is 81.5 Å². The normalized spacial score (nSPS) is 18.3. The molecule has 1 amide bonds. The molecule has 0 aliphatic carbocycles. The van der Waals surface area contributed by atoms with E-state index in [-0.39, 0.29) is 36.9 Å². The molecule has 0 bridgehead atoms. The van der Waals surface area contributed by atoms with Crippen LogP contribution in [0.3, 0.4) is 0 Å². The molecule has 2 aromatic heterocycles. The molecule has 1 aliphatic rings. The highest BCUT2D eigenvalue weighted by Crippen LogP contribution is 2.54. The van der Waals surface area contributed by atoms with Crippen LogP contribution in [-0.2, 0) is 24.2 Å². The maximum absolute atomic E-state index is 13.2. The van der Waals surface area contributed by atoms with Gasteiger partial charge < -0.3 is 14.0 Å². The second-order valence-electron chi connectivity index (χ2n) is 13.7. The lowest BCUT2D eigenvalue weighted by Crippen LogP contribution is -2.57. The summed E-state index contributed by atoms with van der Waals surface area (Å²) < 4.78 is 35.0. The molecule has 6 rings (SSSR count). The number of benzene rings is 3. The van der Waals surface area contributed by atoms with Crippen molar-refractivity contribution in [3.05, 3.63) is 114 Å². The van der Waals surface area contributed by atoms with Crippen molar-refractivity contribution in [3.63, 3.8) is 0 Å². The lowest BCUT2D eigenvalue weighted by atomic mass is 9.75. The minimum absolute atomic E-state index is 0.0244.